The molecule has 0 aliphatic carbocycles. The van der Waals surface area contributed by atoms with Crippen molar-refractivity contribution >= 4 is 35.1 Å². The summed E-state index contributed by atoms with van der Waals surface area (Å²) in [6.45, 7) is 2.85. The molecule has 0 amide bonds. The molecule has 2 aromatic carbocycles. The largest absolute Gasteiger partial charge is 0.426 e. The third-order valence-corrected chi connectivity index (χ3v) is 3.50. The Balaban J connectivity index is 2.09. The molecule has 0 N–H and O–H groups in total. The molecule has 120 valence electrons. The van der Waals surface area contributed by atoms with Gasteiger partial charge >= 0.3 is 11.9 Å². The molecule has 0 fully saturated rings. The average Bonchev–Trinajstić information content (AvgIpc) is 2.47. The van der Waals surface area contributed by atoms with Crippen LogP contribution in [-0.4, -0.2) is 11.9 Å². The molecule has 0 saturated carbocycles. The van der Waals surface area contributed by atoms with Crippen molar-refractivity contribution in [1.29, 1.82) is 0 Å². The van der Waals surface area contributed by atoms with E-state index < -0.39 is 17.4 Å². The number of hydrogen-bond acceptors (Lipinski definition) is 4. The molecule has 0 bridgehead atoms. The summed E-state index contributed by atoms with van der Waals surface area (Å²) in [6, 6.07) is 12.7. The Kier molecular flexibility index (Phi) is 5.29. The first-order valence-electron chi connectivity index (χ1n) is 6.75. The van der Waals surface area contributed by atoms with Crippen molar-refractivity contribution in [2.45, 2.75) is 13.8 Å². The van der Waals surface area contributed by atoms with Crippen LogP contribution >= 0.6 is 23.2 Å². The van der Waals surface area contributed by atoms with Crippen LogP contribution in [-0.2, 0) is 9.59 Å². The summed E-state index contributed by atoms with van der Waals surface area (Å²) in [5.74, 6) is -0.976. The molecule has 6 heteroatoms. The van der Waals surface area contributed by atoms with Gasteiger partial charge in [-0.25, -0.2) is 0 Å². The molecule has 0 saturated heterocycles. The normalized spacial score (nSPS) is 11.0. The maximum absolute atomic E-state index is 12.3. The highest BCUT2D eigenvalue weighted by Gasteiger charge is 2.40. The first-order valence-corrected chi connectivity index (χ1v) is 7.50. The monoisotopic (exact) mass is 352 g/mol. The molecule has 0 aliphatic heterocycles. The Morgan fingerprint density at radius 2 is 1.22 bits per heavy atom. The molecule has 0 aliphatic rings. The van der Waals surface area contributed by atoms with E-state index in [4.69, 9.17) is 32.7 Å². The molecular weight excluding hydrogens is 339 g/mol. The number of rotatable bonds is 4. The van der Waals surface area contributed by atoms with Gasteiger partial charge in [0.1, 0.15) is 11.5 Å². The fraction of sp³-hybridized carbons (Fsp3) is 0.176. The van der Waals surface area contributed by atoms with Crippen molar-refractivity contribution < 1.29 is 19.1 Å². The van der Waals surface area contributed by atoms with Gasteiger partial charge in [-0.2, -0.15) is 0 Å². The lowest BCUT2D eigenvalue weighted by molar-refractivity contribution is -0.158. The number of halogens is 2. The molecule has 0 unspecified atom stereocenters. The van der Waals surface area contributed by atoms with Crippen molar-refractivity contribution in [2.24, 2.45) is 5.41 Å². The van der Waals surface area contributed by atoms with E-state index in [1.165, 1.54) is 26.0 Å². The minimum absolute atomic E-state index is 0.256. The summed E-state index contributed by atoms with van der Waals surface area (Å²) in [6.07, 6.45) is 0. The Morgan fingerprint density at radius 3 is 1.57 bits per heavy atom. The van der Waals surface area contributed by atoms with Crippen LogP contribution in [0, 0.1) is 5.41 Å². The lowest BCUT2D eigenvalue weighted by atomic mass is 9.94. The average molecular weight is 353 g/mol. The van der Waals surface area contributed by atoms with Crippen LogP contribution in [0.5, 0.6) is 11.5 Å². The molecule has 0 heterocycles. The molecule has 2 aromatic rings. The Labute approximate surface area is 143 Å². The van der Waals surface area contributed by atoms with E-state index in [0.717, 1.165) is 0 Å². The first-order chi connectivity index (χ1) is 10.8. The number of esters is 2. The van der Waals surface area contributed by atoms with Gasteiger partial charge in [-0.1, -0.05) is 35.3 Å². The highest BCUT2D eigenvalue weighted by molar-refractivity contribution is 6.31. The summed E-state index contributed by atoms with van der Waals surface area (Å²) < 4.78 is 10.4. The molecule has 23 heavy (non-hydrogen) atoms. The fourth-order valence-corrected chi connectivity index (χ4v) is 1.97. The van der Waals surface area contributed by atoms with Crippen LogP contribution in [0.3, 0.4) is 0 Å². The van der Waals surface area contributed by atoms with E-state index in [2.05, 4.69) is 0 Å². The Hall–Kier alpha value is -2.04. The summed E-state index contributed by atoms with van der Waals surface area (Å²) >= 11 is 11.7. The molecule has 0 atom stereocenters. The van der Waals surface area contributed by atoms with Gasteiger partial charge in [0, 0.05) is 10.0 Å². The van der Waals surface area contributed by atoms with Gasteiger partial charge in [0.25, 0.3) is 0 Å². The van der Waals surface area contributed by atoms with E-state index in [1.54, 1.807) is 36.4 Å². The van der Waals surface area contributed by atoms with Crippen LogP contribution in [0.4, 0.5) is 0 Å². The molecule has 0 aromatic heterocycles. The highest BCUT2D eigenvalue weighted by atomic mass is 35.5. The topological polar surface area (TPSA) is 52.6 Å². The lowest BCUT2D eigenvalue weighted by Crippen LogP contribution is -2.39. The van der Waals surface area contributed by atoms with Crippen molar-refractivity contribution in [3.63, 3.8) is 0 Å². The second-order valence-electron chi connectivity index (χ2n) is 5.32. The van der Waals surface area contributed by atoms with Crippen LogP contribution in [0.2, 0.25) is 10.0 Å². The molecule has 4 nitrogen and oxygen atoms in total. The van der Waals surface area contributed by atoms with Gasteiger partial charge in [0.2, 0.25) is 0 Å². The second-order valence-corrected chi connectivity index (χ2v) is 6.19. The van der Waals surface area contributed by atoms with Crippen LogP contribution in [0.1, 0.15) is 13.8 Å². The van der Waals surface area contributed by atoms with Crippen LogP contribution in [0.15, 0.2) is 48.5 Å². The number of benzene rings is 2. The van der Waals surface area contributed by atoms with E-state index in [-0.39, 0.29) is 11.5 Å². The number of carbonyl (C=O) groups excluding carboxylic acids is 2. The third kappa shape index (κ3) is 4.47. The van der Waals surface area contributed by atoms with Gasteiger partial charge in [0.15, 0.2) is 5.41 Å². The lowest BCUT2D eigenvalue weighted by Gasteiger charge is -2.20. The van der Waals surface area contributed by atoms with Gasteiger partial charge in [-0.05, 0) is 50.2 Å². The zero-order valence-electron chi connectivity index (χ0n) is 12.5. The SMILES string of the molecule is CC(C)(C(=O)Oc1cccc(Cl)c1)C(=O)Oc1cccc(Cl)c1. The maximum atomic E-state index is 12.3. The Bertz CT molecular complexity index is 679. The minimum atomic E-state index is -1.50. The standard InChI is InChI=1S/C17H14Cl2O4/c1-17(2,15(20)22-13-7-3-5-11(18)9-13)16(21)23-14-8-4-6-12(19)10-14/h3-10H,1-2H3. The number of carbonyl (C=O) groups is 2. The first kappa shape index (κ1) is 17.3. The molecule has 2 rings (SSSR count). The molecule has 0 spiro atoms. The van der Waals surface area contributed by atoms with Crippen molar-refractivity contribution in [3.05, 3.63) is 58.6 Å². The predicted octanol–water partition coefficient (Wildman–Crippen LogP) is 4.53. The highest BCUT2D eigenvalue weighted by Crippen LogP contribution is 2.26. The van der Waals surface area contributed by atoms with Crippen LogP contribution < -0.4 is 9.47 Å². The second kappa shape index (κ2) is 7.02. The summed E-state index contributed by atoms with van der Waals surface area (Å²) in [7, 11) is 0. The maximum Gasteiger partial charge on any atom is 0.328 e. The summed E-state index contributed by atoms with van der Waals surface area (Å²) in [5, 5.41) is 0.851. The Morgan fingerprint density at radius 1 is 0.826 bits per heavy atom. The third-order valence-electron chi connectivity index (χ3n) is 3.03. The smallest absolute Gasteiger partial charge is 0.328 e. The van der Waals surface area contributed by atoms with Gasteiger partial charge in [-0.15, -0.1) is 0 Å². The van der Waals surface area contributed by atoms with E-state index >= 15 is 0 Å². The van der Waals surface area contributed by atoms with Crippen molar-refractivity contribution in [2.75, 3.05) is 0 Å². The van der Waals surface area contributed by atoms with Crippen molar-refractivity contribution in [1.82, 2.24) is 0 Å². The molecule has 0 radical (unpaired) electrons. The van der Waals surface area contributed by atoms with Gasteiger partial charge < -0.3 is 9.47 Å². The van der Waals surface area contributed by atoms with Crippen LogP contribution in [0.25, 0.3) is 0 Å². The van der Waals surface area contributed by atoms with Crippen molar-refractivity contribution in [3.8, 4) is 11.5 Å². The number of ether oxygens (including phenoxy) is 2. The van der Waals surface area contributed by atoms with E-state index in [0.29, 0.717) is 10.0 Å². The zero-order valence-corrected chi connectivity index (χ0v) is 14.0. The predicted molar refractivity (Wildman–Crippen MR) is 88.0 cm³/mol. The summed E-state index contributed by atoms with van der Waals surface area (Å²) in [4.78, 5) is 24.5. The van der Waals surface area contributed by atoms with Gasteiger partial charge in [-0.3, -0.25) is 9.59 Å². The number of hydrogen-bond donors (Lipinski definition) is 0. The molecular formula is C17H14Cl2O4. The minimum Gasteiger partial charge on any atom is -0.426 e. The quantitative estimate of drug-likeness (QED) is 0.460. The van der Waals surface area contributed by atoms with Gasteiger partial charge in [0.05, 0.1) is 0 Å². The van der Waals surface area contributed by atoms with E-state index in [1.807, 2.05) is 0 Å². The summed E-state index contributed by atoms with van der Waals surface area (Å²) in [5.41, 5.74) is -1.50. The fourth-order valence-electron chi connectivity index (χ4n) is 1.61. The van der Waals surface area contributed by atoms with E-state index in [9.17, 15) is 9.59 Å². The zero-order chi connectivity index (χ0) is 17.0.